The molecule has 1 aliphatic rings. The van der Waals surface area contributed by atoms with Crippen molar-refractivity contribution in [3.63, 3.8) is 0 Å². The summed E-state index contributed by atoms with van der Waals surface area (Å²) < 4.78 is 5.14. The molecule has 0 atom stereocenters. The molecule has 1 saturated carbocycles. The number of hydrogen-bond donors (Lipinski definition) is 2. The van der Waals surface area contributed by atoms with Gasteiger partial charge in [-0.15, -0.1) is 0 Å². The molecule has 1 aromatic heterocycles. The summed E-state index contributed by atoms with van der Waals surface area (Å²) >= 11 is 1.94. The molecule has 0 radical (unpaired) electrons. The van der Waals surface area contributed by atoms with Crippen LogP contribution < -0.4 is 11.1 Å². The predicted octanol–water partition coefficient (Wildman–Crippen LogP) is 2.50. The minimum Gasteiger partial charge on any atom is -0.397 e. The van der Waals surface area contributed by atoms with Gasteiger partial charge in [0.1, 0.15) is 0 Å². The molecule has 5 nitrogen and oxygen atoms in total. The lowest BCUT2D eigenvalue weighted by molar-refractivity contribution is 0.315. The number of fused-ring (bicyclic) bond motifs is 1. The van der Waals surface area contributed by atoms with Crippen LogP contribution in [0.3, 0.4) is 0 Å². The number of aromatic nitrogens is 2. The molecule has 6 heteroatoms. The largest absolute Gasteiger partial charge is 0.397 e. The van der Waals surface area contributed by atoms with E-state index in [2.05, 4.69) is 21.9 Å². The zero-order valence-electron chi connectivity index (χ0n) is 10.3. The van der Waals surface area contributed by atoms with E-state index in [0.717, 1.165) is 12.2 Å². The predicted molar refractivity (Wildman–Crippen MR) is 74.8 cm³/mol. The monoisotopic (exact) mass is 264 g/mol. The molecule has 3 rings (SSSR count). The quantitative estimate of drug-likeness (QED) is 0.826. The number of hydrogen-bond acceptors (Lipinski definition) is 6. The van der Waals surface area contributed by atoms with Crippen LogP contribution in [0.4, 0.5) is 11.4 Å². The van der Waals surface area contributed by atoms with Crippen molar-refractivity contribution >= 4 is 34.2 Å². The van der Waals surface area contributed by atoms with E-state index in [1.54, 1.807) is 0 Å². The highest BCUT2D eigenvalue weighted by Gasteiger charge is 2.35. The van der Waals surface area contributed by atoms with Gasteiger partial charge in [-0.1, -0.05) is 6.42 Å². The van der Waals surface area contributed by atoms with Gasteiger partial charge in [0.25, 0.3) is 0 Å². The van der Waals surface area contributed by atoms with E-state index in [1.165, 1.54) is 19.3 Å². The second-order valence-electron chi connectivity index (χ2n) is 4.76. The van der Waals surface area contributed by atoms with Gasteiger partial charge in [0.15, 0.2) is 11.0 Å². The Labute approximate surface area is 109 Å². The molecule has 0 unspecified atom stereocenters. The SMILES string of the molecule is CSC1(CNc2ccc(N)c3nonc23)CCC1. The third-order valence-corrected chi connectivity index (χ3v) is 5.16. The van der Waals surface area contributed by atoms with E-state index >= 15 is 0 Å². The number of nitrogens with one attached hydrogen (secondary N) is 1. The third-order valence-electron chi connectivity index (χ3n) is 3.75. The number of nitrogen functional groups attached to an aromatic ring is 1. The Morgan fingerprint density at radius 1 is 1.39 bits per heavy atom. The standard InChI is InChI=1S/C12H16N4OS/c1-18-12(5-2-6-12)7-14-9-4-3-8(13)10-11(9)16-17-15-10/h3-4,14H,2,5-7,13H2,1H3. The normalized spacial score (nSPS) is 17.6. The van der Waals surface area contributed by atoms with Gasteiger partial charge in [-0.3, -0.25) is 0 Å². The fourth-order valence-corrected chi connectivity index (χ4v) is 3.22. The first-order valence-electron chi connectivity index (χ1n) is 6.04. The van der Waals surface area contributed by atoms with Crippen LogP contribution in [0.5, 0.6) is 0 Å². The molecule has 0 aliphatic heterocycles. The van der Waals surface area contributed by atoms with Crippen molar-refractivity contribution in [1.82, 2.24) is 10.3 Å². The maximum absolute atomic E-state index is 5.82. The second-order valence-corrected chi connectivity index (χ2v) is 6.03. The van der Waals surface area contributed by atoms with Crippen molar-refractivity contribution in [3.8, 4) is 0 Å². The third kappa shape index (κ3) is 1.80. The first kappa shape index (κ1) is 11.6. The maximum atomic E-state index is 5.82. The molecule has 1 heterocycles. The Bertz CT molecular complexity index is 559. The number of anilines is 2. The summed E-state index contributed by atoms with van der Waals surface area (Å²) in [4.78, 5) is 0. The summed E-state index contributed by atoms with van der Waals surface area (Å²) in [6.45, 7) is 0.944. The Morgan fingerprint density at radius 3 is 2.83 bits per heavy atom. The number of benzene rings is 1. The summed E-state index contributed by atoms with van der Waals surface area (Å²) in [5.41, 5.74) is 8.71. The van der Waals surface area contributed by atoms with Gasteiger partial charge in [0.05, 0.1) is 11.4 Å². The average Bonchev–Trinajstić information content (AvgIpc) is 2.81. The van der Waals surface area contributed by atoms with Crippen LogP contribution in [0.25, 0.3) is 11.0 Å². The van der Waals surface area contributed by atoms with Crippen LogP contribution in [0, 0.1) is 0 Å². The Balaban J connectivity index is 1.82. The zero-order chi connectivity index (χ0) is 12.6. The zero-order valence-corrected chi connectivity index (χ0v) is 11.1. The van der Waals surface area contributed by atoms with Gasteiger partial charge in [0, 0.05) is 11.3 Å². The molecular weight excluding hydrogens is 248 g/mol. The van der Waals surface area contributed by atoms with Crippen molar-refractivity contribution in [2.45, 2.75) is 24.0 Å². The van der Waals surface area contributed by atoms with Gasteiger partial charge < -0.3 is 11.1 Å². The highest BCUT2D eigenvalue weighted by molar-refractivity contribution is 8.00. The highest BCUT2D eigenvalue weighted by Crippen LogP contribution is 2.43. The van der Waals surface area contributed by atoms with Crippen LogP contribution in [0.1, 0.15) is 19.3 Å². The molecule has 96 valence electrons. The molecule has 3 N–H and O–H groups in total. The average molecular weight is 264 g/mol. The summed E-state index contributed by atoms with van der Waals surface area (Å²) in [7, 11) is 0. The first-order chi connectivity index (χ1) is 8.74. The van der Waals surface area contributed by atoms with Crippen LogP contribution in [0.15, 0.2) is 16.8 Å². The smallest absolute Gasteiger partial charge is 0.160 e. The van der Waals surface area contributed by atoms with Crippen molar-refractivity contribution in [2.75, 3.05) is 23.9 Å². The lowest BCUT2D eigenvalue weighted by Gasteiger charge is -2.40. The van der Waals surface area contributed by atoms with E-state index in [9.17, 15) is 0 Å². The molecular formula is C12H16N4OS. The molecule has 1 aliphatic carbocycles. The number of nitrogens with zero attached hydrogens (tertiary/aromatic N) is 2. The number of rotatable bonds is 4. The van der Waals surface area contributed by atoms with Crippen LogP contribution in [-0.4, -0.2) is 27.9 Å². The summed E-state index contributed by atoms with van der Waals surface area (Å²) in [5.74, 6) is 0. The van der Waals surface area contributed by atoms with Crippen molar-refractivity contribution in [1.29, 1.82) is 0 Å². The summed E-state index contributed by atoms with van der Waals surface area (Å²) in [6, 6.07) is 3.77. The van der Waals surface area contributed by atoms with Crippen LogP contribution in [0.2, 0.25) is 0 Å². The molecule has 1 aromatic carbocycles. The minimum atomic E-state index is 0.380. The van der Waals surface area contributed by atoms with Crippen LogP contribution in [-0.2, 0) is 0 Å². The number of thioether (sulfide) groups is 1. The van der Waals surface area contributed by atoms with Gasteiger partial charge in [-0.25, -0.2) is 4.63 Å². The lowest BCUT2D eigenvalue weighted by Crippen LogP contribution is -2.40. The van der Waals surface area contributed by atoms with Crippen molar-refractivity contribution in [3.05, 3.63) is 12.1 Å². The first-order valence-corrected chi connectivity index (χ1v) is 7.26. The van der Waals surface area contributed by atoms with E-state index in [0.29, 0.717) is 21.5 Å². The fraction of sp³-hybridized carbons (Fsp3) is 0.500. The summed E-state index contributed by atoms with van der Waals surface area (Å²) in [5, 5.41) is 11.2. The Kier molecular flexibility index (Phi) is 2.81. The molecule has 2 aromatic rings. The van der Waals surface area contributed by atoms with Gasteiger partial charge in [-0.05, 0) is 41.5 Å². The second kappa shape index (κ2) is 4.35. The molecule has 0 spiro atoms. The topological polar surface area (TPSA) is 77.0 Å². The van der Waals surface area contributed by atoms with Gasteiger partial charge in [0.2, 0.25) is 0 Å². The molecule has 0 saturated heterocycles. The van der Waals surface area contributed by atoms with E-state index < -0.39 is 0 Å². The van der Waals surface area contributed by atoms with Crippen LogP contribution >= 0.6 is 11.8 Å². The lowest BCUT2D eigenvalue weighted by atomic mass is 9.84. The molecule has 0 bridgehead atoms. The van der Waals surface area contributed by atoms with Crippen molar-refractivity contribution < 1.29 is 4.63 Å². The summed E-state index contributed by atoms with van der Waals surface area (Å²) in [6.07, 6.45) is 6.05. The molecule has 1 fully saturated rings. The van der Waals surface area contributed by atoms with E-state index in [4.69, 9.17) is 10.4 Å². The van der Waals surface area contributed by atoms with E-state index in [1.807, 2.05) is 23.9 Å². The maximum Gasteiger partial charge on any atom is 0.160 e. The molecule has 0 amide bonds. The minimum absolute atomic E-state index is 0.380. The number of nitrogens with two attached hydrogens (primary N) is 1. The van der Waals surface area contributed by atoms with E-state index in [-0.39, 0.29) is 0 Å². The highest BCUT2D eigenvalue weighted by atomic mass is 32.2. The Hall–Kier alpha value is -1.43. The Morgan fingerprint density at radius 2 is 2.17 bits per heavy atom. The molecule has 18 heavy (non-hydrogen) atoms. The van der Waals surface area contributed by atoms with Crippen molar-refractivity contribution in [2.24, 2.45) is 0 Å². The van der Waals surface area contributed by atoms with Gasteiger partial charge in [-0.2, -0.15) is 11.8 Å². The fourth-order valence-electron chi connectivity index (χ4n) is 2.31. The van der Waals surface area contributed by atoms with Gasteiger partial charge >= 0.3 is 0 Å².